The first-order valence-corrected chi connectivity index (χ1v) is 8.36. The molecule has 0 aliphatic heterocycles. The molecule has 2 aromatic rings. The van der Waals surface area contributed by atoms with Crippen LogP contribution in [0.15, 0.2) is 42.5 Å². The highest BCUT2D eigenvalue weighted by molar-refractivity contribution is 6.30. The monoisotopic (exact) mass is 393 g/mol. The summed E-state index contributed by atoms with van der Waals surface area (Å²) in [5.74, 6) is -0.743. The van der Waals surface area contributed by atoms with Crippen LogP contribution in [0.3, 0.4) is 0 Å². The summed E-state index contributed by atoms with van der Waals surface area (Å²) < 4.78 is 24.7. The average molecular weight is 394 g/mol. The zero-order valence-electron chi connectivity index (χ0n) is 14.1. The van der Waals surface area contributed by atoms with Crippen molar-refractivity contribution in [2.75, 3.05) is 13.2 Å². The van der Waals surface area contributed by atoms with Gasteiger partial charge in [0, 0.05) is 11.4 Å². The smallest absolute Gasteiger partial charge is 0.332 e. The topological polar surface area (TPSA) is 99.8 Å². The lowest BCUT2D eigenvalue weighted by Gasteiger charge is -2.13. The van der Waals surface area contributed by atoms with Crippen molar-refractivity contribution in [1.29, 1.82) is 5.26 Å². The lowest BCUT2D eigenvalue weighted by Crippen LogP contribution is -2.22. The van der Waals surface area contributed by atoms with Gasteiger partial charge in [-0.25, -0.2) is 9.18 Å². The van der Waals surface area contributed by atoms with E-state index < -0.39 is 18.2 Å². The Morgan fingerprint density at radius 3 is 2.67 bits per heavy atom. The van der Waals surface area contributed by atoms with E-state index in [2.05, 4.69) is 0 Å². The normalized spacial score (nSPS) is 12.7. The Bertz CT molecular complexity index is 839. The maximum absolute atomic E-state index is 14.0. The predicted octanol–water partition coefficient (Wildman–Crippen LogP) is 3.00. The maximum atomic E-state index is 14.0. The molecule has 2 aromatic carbocycles. The first-order chi connectivity index (χ1) is 12.9. The second-order valence-electron chi connectivity index (χ2n) is 5.68. The largest absolute Gasteiger partial charge is 0.490 e. The Balaban J connectivity index is 1.86. The molecule has 0 aromatic heterocycles. The number of aliphatic hydroxyl groups is 1. The number of alkyl halides is 1. The molecular weight excluding hydrogens is 377 g/mol. The van der Waals surface area contributed by atoms with E-state index in [1.807, 2.05) is 6.07 Å². The van der Waals surface area contributed by atoms with Gasteiger partial charge in [0.05, 0.1) is 5.56 Å². The van der Waals surface area contributed by atoms with Crippen LogP contribution in [0.25, 0.3) is 0 Å². The molecule has 2 rings (SSSR count). The number of rotatable bonds is 9. The molecule has 2 N–H and O–H groups in total. The van der Waals surface area contributed by atoms with Crippen molar-refractivity contribution >= 4 is 17.6 Å². The average Bonchev–Trinajstić information content (AvgIpc) is 2.65. The number of nitriles is 1. The summed E-state index contributed by atoms with van der Waals surface area (Å²) in [6.45, 7) is -0.603. The summed E-state index contributed by atoms with van der Waals surface area (Å²) >= 11 is 5.79. The van der Waals surface area contributed by atoms with Crippen molar-refractivity contribution in [3.05, 3.63) is 58.6 Å². The van der Waals surface area contributed by atoms with Crippen LogP contribution in [-0.4, -0.2) is 41.7 Å². The molecule has 6 nitrogen and oxygen atoms in total. The Kier molecular flexibility index (Phi) is 7.41. The number of nitrogens with zero attached hydrogens (tertiary/aromatic N) is 1. The van der Waals surface area contributed by atoms with Gasteiger partial charge in [-0.2, -0.15) is 5.26 Å². The van der Waals surface area contributed by atoms with Gasteiger partial charge >= 0.3 is 5.97 Å². The van der Waals surface area contributed by atoms with E-state index >= 15 is 0 Å². The molecular formula is C19H17ClFNO5. The van der Waals surface area contributed by atoms with Crippen molar-refractivity contribution in [2.45, 2.75) is 18.7 Å². The number of aliphatic carboxylic acids is 1. The fourth-order valence-electron chi connectivity index (χ4n) is 2.20. The second-order valence-corrected chi connectivity index (χ2v) is 6.11. The molecule has 8 heteroatoms. The van der Waals surface area contributed by atoms with Gasteiger partial charge in [0.1, 0.15) is 30.8 Å². The molecule has 142 valence electrons. The molecule has 0 radical (unpaired) electrons. The standard InChI is InChI=1S/C19H17ClFNO5/c20-14-4-5-18(13(8-14)9-22)27-11-15(21)10-26-16-3-1-2-12(6-16)7-17(23)19(24)25/h1-6,8,15,17,23H,7,10-11H2,(H,24,25)/t15-,17-/m0/s1. The summed E-state index contributed by atoms with van der Waals surface area (Å²) in [4.78, 5) is 10.7. The Morgan fingerprint density at radius 2 is 1.96 bits per heavy atom. The van der Waals surface area contributed by atoms with Gasteiger partial charge in [-0.3, -0.25) is 0 Å². The van der Waals surface area contributed by atoms with Crippen LogP contribution >= 0.6 is 11.6 Å². The molecule has 2 atom stereocenters. The molecule has 0 spiro atoms. The third-order valence-electron chi connectivity index (χ3n) is 3.53. The second kappa shape index (κ2) is 9.76. The number of carbonyl (C=O) groups is 1. The minimum atomic E-state index is -1.52. The van der Waals surface area contributed by atoms with Gasteiger partial charge in [0.2, 0.25) is 0 Å². The maximum Gasteiger partial charge on any atom is 0.332 e. The quantitative estimate of drug-likeness (QED) is 0.679. The summed E-state index contributed by atoms with van der Waals surface area (Å²) in [7, 11) is 0. The number of hydrogen-bond acceptors (Lipinski definition) is 5. The highest BCUT2D eigenvalue weighted by Gasteiger charge is 2.15. The third-order valence-corrected chi connectivity index (χ3v) is 3.76. The predicted molar refractivity (Wildman–Crippen MR) is 95.8 cm³/mol. The van der Waals surface area contributed by atoms with E-state index in [-0.39, 0.29) is 30.9 Å². The van der Waals surface area contributed by atoms with Gasteiger partial charge in [-0.1, -0.05) is 23.7 Å². The van der Waals surface area contributed by atoms with Gasteiger partial charge in [-0.05, 0) is 35.9 Å². The van der Waals surface area contributed by atoms with E-state index in [9.17, 15) is 14.3 Å². The number of aliphatic hydroxyl groups excluding tert-OH is 1. The SMILES string of the molecule is N#Cc1cc(Cl)ccc1OC[C@@H](F)COc1cccc(C[C@H](O)C(=O)O)c1. The number of carboxylic acid groups (broad SMARTS) is 1. The van der Waals surface area contributed by atoms with Crippen LogP contribution in [0, 0.1) is 11.3 Å². The first kappa shape index (κ1) is 20.5. The lowest BCUT2D eigenvalue weighted by atomic mass is 10.1. The van der Waals surface area contributed by atoms with Crippen molar-refractivity contribution in [1.82, 2.24) is 0 Å². The van der Waals surface area contributed by atoms with Gasteiger partial charge in [0.15, 0.2) is 12.3 Å². The summed E-state index contributed by atoms with van der Waals surface area (Å²) in [6.07, 6.45) is -3.06. The molecule has 0 aliphatic rings. The van der Waals surface area contributed by atoms with E-state index in [1.54, 1.807) is 24.3 Å². The number of carboxylic acids is 1. The minimum absolute atomic E-state index is 0.0811. The van der Waals surface area contributed by atoms with Gasteiger partial charge in [0.25, 0.3) is 0 Å². The number of hydrogen-bond donors (Lipinski definition) is 2. The fourth-order valence-corrected chi connectivity index (χ4v) is 2.38. The van der Waals surface area contributed by atoms with E-state index in [0.717, 1.165) is 0 Å². The molecule has 0 saturated heterocycles. The van der Waals surface area contributed by atoms with Gasteiger partial charge < -0.3 is 19.7 Å². The van der Waals surface area contributed by atoms with E-state index in [4.69, 9.17) is 31.4 Å². The summed E-state index contributed by atoms with van der Waals surface area (Å²) in [6, 6.07) is 12.8. The number of ether oxygens (including phenoxy) is 2. The van der Waals surface area contributed by atoms with Crippen LogP contribution in [0.1, 0.15) is 11.1 Å². The molecule has 0 amide bonds. The zero-order valence-corrected chi connectivity index (χ0v) is 14.9. The minimum Gasteiger partial charge on any atom is -0.490 e. The van der Waals surface area contributed by atoms with Crippen LogP contribution in [-0.2, 0) is 11.2 Å². The molecule has 27 heavy (non-hydrogen) atoms. The molecule has 0 unspecified atom stereocenters. The van der Waals surface area contributed by atoms with Crippen molar-refractivity contribution in [2.24, 2.45) is 0 Å². The molecule has 0 bridgehead atoms. The van der Waals surface area contributed by atoms with Crippen molar-refractivity contribution in [3.63, 3.8) is 0 Å². The number of benzene rings is 2. The van der Waals surface area contributed by atoms with Crippen LogP contribution in [0.4, 0.5) is 4.39 Å². The van der Waals surface area contributed by atoms with Crippen LogP contribution in [0.5, 0.6) is 11.5 Å². The molecule has 0 heterocycles. The van der Waals surface area contributed by atoms with Crippen LogP contribution in [0.2, 0.25) is 5.02 Å². The summed E-state index contributed by atoms with van der Waals surface area (Å²) in [5.41, 5.74) is 0.759. The highest BCUT2D eigenvalue weighted by atomic mass is 35.5. The van der Waals surface area contributed by atoms with Crippen molar-refractivity contribution < 1.29 is 28.9 Å². The molecule has 0 aliphatic carbocycles. The number of halogens is 2. The lowest BCUT2D eigenvalue weighted by molar-refractivity contribution is -0.146. The Hall–Kier alpha value is -2.82. The summed E-state index contributed by atoms with van der Waals surface area (Å²) in [5, 5.41) is 27.5. The molecule has 0 fully saturated rings. The third kappa shape index (κ3) is 6.44. The first-order valence-electron chi connectivity index (χ1n) is 7.98. The molecule has 0 saturated carbocycles. The Labute approximate surface area is 160 Å². The van der Waals surface area contributed by atoms with Crippen molar-refractivity contribution in [3.8, 4) is 17.6 Å². The zero-order chi connectivity index (χ0) is 19.8. The highest BCUT2D eigenvalue weighted by Crippen LogP contribution is 2.22. The fraction of sp³-hybridized carbons (Fsp3) is 0.263. The van der Waals surface area contributed by atoms with E-state index in [1.165, 1.54) is 18.2 Å². The van der Waals surface area contributed by atoms with Gasteiger partial charge in [-0.15, -0.1) is 0 Å². The van der Waals surface area contributed by atoms with Crippen LogP contribution < -0.4 is 9.47 Å². The Morgan fingerprint density at radius 1 is 1.22 bits per heavy atom. The van der Waals surface area contributed by atoms with E-state index in [0.29, 0.717) is 16.3 Å².